The van der Waals surface area contributed by atoms with Crippen molar-refractivity contribution in [2.24, 2.45) is 0 Å². The Labute approximate surface area is 112 Å². The fourth-order valence-electron chi connectivity index (χ4n) is 1.62. The predicted octanol–water partition coefficient (Wildman–Crippen LogP) is 4.00. The third kappa shape index (κ3) is 3.20. The van der Waals surface area contributed by atoms with Crippen molar-refractivity contribution in [3.8, 4) is 11.5 Å². The predicted molar refractivity (Wildman–Crippen MR) is 75.5 cm³/mol. The molecule has 18 heavy (non-hydrogen) atoms. The minimum absolute atomic E-state index is 0.890. The van der Waals surface area contributed by atoms with Gasteiger partial charge in [-0.3, -0.25) is 0 Å². The molecule has 0 spiro atoms. The summed E-state index contributed by atoms with van der Waals surface area (Å²) >= 11 is 1.77. The van der Waals surface area contributed by atoms with E-state index in [1.165, 1.54) is 5.56 Å². The van der Waals surface area contributed by atoms with Crippen molar-refractivity contribution in [3.63, 3.8) is 0 Å². The van der Waals surface area contributed by atoms with Crippen molar-refractivity contribution in [2.75, 3.05) is 14.2 Å². The van der Waals surface area contributed by atoms with E-state index in [-0.39, 0.29) is 0 Å². The molecular weight excluding hydrogens is 244 g/mol. The summed E-state index contributed by atoms with van der Waals surface area (Å²) in [4.78, 5) is 1.16. The molecule has 0 aliphatic carbocycles. The molecule has 0 saturated heterocycles. The van der Waals surface area contributed by atoms with Gasteiger partial charge in [0.2, 0.25) is 0 Å². The number of benzene rings is 2. The SMILES string of the molecule is COc1ccc(CSc2ccccc2OC)cc1. The summed E-state index contributed by atoms with van der Waals surface area (Å²) in [5, 5.41) is 0. The second kappa shape index (κ2) is 6.36. The molecule has 0 unspecified atom stereocenters. The van der Waals surface area contributed by atoms with Gasteiger partial charge in [-0.25, -0.2) is 0 Å². The fourth-order valence-corrected chi connectivity index (χ4v) is 2.60. The Bertz CT molecular complexity index is 494. The van der Waals surface area contributed by atoms with Gasteiger partial charge < -0.3 is 9.47 Å². The molecule has 3 heteroatoms. The van der Waals surface area contributed by atoms with E-state index in [9.17, 15) is 0 Å². The zero-order chi connectivity index (χ0) is 12.8. The van der Waals surface area contributed by atoms with Gasteiger partial charge in [-0.05, 0) is 29.8 Å². The molecular formula is C15H16O2S. The number of rotatable bonds is 5. The van der Waals surface area contributed by atoms with Crippen molar-refractivity contribution in [1.29, 1.82) is 0 Å². The normalized spacial score (nSPS) is 10.1. The molecule has 0 bridgehead atoms. The number of ether oxygens (including phenoxy) is 2. The van der Waals surface area contributed by atoms with Crippen LogP contribution in [0.25, 0.3) is 0 Å². The lowest BCUT2D eigenvalue weighted by Crippen LogP contribution is -1.87. The Morgan fingerprint density at radius 3 is 2.28 bits per heavy atom. The van der Waals surface area contributed by atoms with Crippen LogP contribution in [0, 0.1) is 0 Å². The number of hydrogen-bond donors (Lipinski definition) is 0. The van der Waals surface area contributed by atoms with Gasteiger partial charge in [0.05, 0.1) is 14.2 Å². The number of hydrogen-bond acceptors (Lipinski definition) is 3. The molecule has 2 aromatic rings. The highest BCUT2D eigenvalue weighted by molar-refractivity contribution is 7.98. The third-order valence-electron chi connectivity index (χ3n) is 2.62. The van der Waals surface area contributed by atoms with Gasteiger partial charge in [-0.2, -0.15) is 0 Å². The van der Waals surface area contributed by atoms with Crippen LogP contribution in [-0.2, 0) is 5.75 Å². The minimum atomic E-state index is 0.890. The van der Waals surface area contributed by atoms with Crippen LogP contribution in [-0.4, -0.2) is 14.2 Å². The second-order valence-electron chi connectivity index (χ2n) is 3.79. The maximum absolute atomic E-state index is 5.33. The highest BCUT2D eigenvalue weighted by Crippen LogP contribution is 2.31. The van der Waals surface area contributed by atoms with E-state index in [4.69, 9.17) is 9.47 Å². The lowest BCUT2D eigenvalue weighted by molar-refractivity contribution is 0.405. The zero-order valence-corrected chi connectivity index (χ0v) is 11.4. The highest BCUT2D eigenvalue weighted by atomic mass is 32.2. The summed E-state index contributed by atoms with van der Waals surface area (Å²) in [6.45, 7) is 0. The van der Waals surface area contributed by atoms with Crippen molar-refractivity contribution >= 4 is 11.8 Å². The average Bonchev–Trinajstić information content (AvgIpc) is 2.46. The first kappa shape index (κ1) is 12.8. The smallest absolute Gasteiger partial charge is 0.132 e. The molecule has 0 N–H and O–H groups in total. The molecule has 0 saturated carbocycles. The topological polar surface area (TPSA) is 18.5 Å². The standard InChI is InChI=1S/C15H16O2S/c1-16-13-9-7-12(8-10-13)11-18-15-6-4-3-5-14(15)17-2/h3-10H,11H2,1-2H3. The molecule has 2 aromatic carbocycles. The van der Waals surface area contributed by atoms with Crippen LogP contribution in [0.5, 0.6) is 11.5 Å². The monoisotopic (exact) mass is 260 g/mol. The molecule has 0 aromatic heterocycles. The van der Waals surface area contributed by atoms with Crippen LogP contribution in [0.15, 0.2) is 53.4 Å². The summed E-state index contributed by atoms with van der Waals surface area (Å²) in [6.07, 6.45) is 0. The third-order valence-corrected chi connectivity index (χ3v) is 3.75. The summed E-state index contributed by atoms with van der Waals surface area (Å²) in [5.41, 5.74) is 1.27. The van der Waals surface area contributed by atoms with Crippen molar-refractivity contribution in [2.45, 2.75) is 10.6 Å². The van der Waals surface area contributed by atoms with Crippen LogP contribution in [0.1, 0.15) is 5.56 Å². The quantitative estimate of drug-likeness (QED) is 0.757. The largest absolute Gasteiger partial charge is 0.497 e. The Balaban J connectivity index is 2.02. The lowest BCUT2D eigenvalue weighted by atomic mass is 10.2. The molecule has 0 aliphatic rings. The molecule has 0 aliphatic heterocycles. The van der Waals surface area contributed by atoms with Crippen LogP contribution in [0.4, 0.5) is 0 Å². The van der Waals surface area contributed by atoms with Gasteiger partial charge in [-0.1, -0.05) is 24.3 Å². The van der Waals surface area contributed by atoms with Crippen molar-refractivity contribution in [1.82, 2.24) is 0 Å². The molecule has 0 atom stereocenters. The highest BCUT2D eigenvalue weighted by Gasteiger charge is 2.02. The van der Waals surface area contributed by atoms with Crippen molar-refractivity contribution in [3.05, 3.63) is 54.1 Å². The molecule has 2 rings (SSSR count). The van der Waals surface area contributed by atoms with E-state index >= 15 is 0 Å². The van der Waals surface area contributed by atoms with Gasteiger partial charge in [0.1, 0.15) is 11.5 Å². The van der Waals surface area contributed by atoms with Gasteiger partial charge in [0.25, 0.3) is 0 Å². The molecule has 94 valence electrons. The average molecular weight is 260 g/mol. The summed E-state index contributed by atoms with van der Waals surface area (Å²) in [7, 11) is 3.38. The zero-order valence-electron chi connectivity index (χ0n) is 10.6. The van der Waals surface area contributed by atoms with E-state index in [1.807, 2.05) is 30.3 Å². The van der Waals surface area contributed by atoms with Gasteiger partial charge >= 0.3 is 0 Å². The first-order chi connectivity index (χ1) is 8.83. The van der Waals surface area contributed by atoms with Crippen LogP contribution in [0.3, 0.4) is 0 Å². The summed E-state index contributed by atoms with van der Waals surface area (Å²) in [5.74, 6) is 2.74. The Kier molecular flexibility index (Phi) is 4.53. The van der Waals surface area contributed by atoms with Crippen LogP contribution in [0.2, 0.25) is 0 Å². The molecule has 2 nitrogen and oxygen atoms in total. The van der Waals surface area contributed by atoms with Crippen LogP contribution < -0.4 is 9.47 Å². The number of thioether (sulfide) groups is 1. The lowest BCUT2D eigenvalue weighted by Gasteiger charge is -2.08. The van der Waals surface area contributed by atoms with E-state index in [2.05, 4.69) is 18.2 Å². The van der Waals surface area contributed by atoms with E-state index in [0.717, 1.165) is 22.1 Å². The fraction of sp³-hybridized carbons (Fsp3) is 0.200. The Morgan fingerprint density at radius 1 is 0.889 bits per heavy atom. The maximum atomic E-state index is 5.33. The Morgan fingerprint density at radius 2 is 1.61 bits per heavy atom. The van der Waals surface area contributed by atoms with Gasteiger partial charge in [-0.15, -0.1) is 11.8 Å². The molecule has 0 fully saturated rings. The molecule has 0 heterocycles. The number of methoxy groups -OCH3 is 2. The van der Waals surface area contributed by atoms with Crippen LogP contribution >= 0.6 is 11.8 Å². The maximum Gasteiger partial charge on any atom is 0.132 e. The van der Waals surface area contributed by atoms with Gasteiger partial charge in [0.15, 0.2) is 0 Å². The molecule has 0 radical (unpaired) electrons. The second-order valence-corrected chi connectivity index (χ2v) is 4.80. The van der Waals surface area contributed by atoms with Crippen molar-refractivity contribution < 1.29 is 9.47 Å². The van der Waals surface area contributed by atoms with E-state index < -0.39 is 0 Å². The summed E-state index contributed by atoms with van der Waals surface area (Å²) < 4.78 is 10.5. The van der Waals surface area contributed by atoms with E-state index in [1.54, 1.807) is 26.0 Å². The molecule has 0 amide bonds. The first-order valence-electron chi connectivity index (χ1n) is 5.72. The number of para-hydroxylation sites is 1. The van der Waals surface area contributed by atoms with E-state index in [0.29, 0.717) is 0 Å². The Hall–Kier alpha value is -1.61. The summed E-state index contributed by atoms with van der Waals surface area (Å²) in [6, 6.07) is 16.2. The minimum Gasteiger partial charge on any atom is -0.497 e. The first-order valence-corrected chi connectivity index (χ1v) is 6.71. The van der Waals surface area contributed by atoms with Gasteiger partial charge in [0, 0.05) is 10.6 Å².